The van der Waals surface area contributed by atoms with Crippen LogP contribution in [0, 0.1) is 13.8 Å². The van der Waals surface area contributed by atoms with E-state index >= 15 is 0 Å². The van der Waals surface area contributed by atoms with Gasteiger partial charge in [0.25, 0.3) is 5.91 Å². The van der Waals surface area contributed by atoms with Crippen LogP contribution in [0.2, 0.25) is 0 Å². The number of thiazole rings is 1. The summed E-state index contributed by atoms with van der Waals surface area (Å²) in [5, 5.41) is 16.1. The van der Waals surface area contributed by atoms with Crippen LogP contribution in [-0.4, -0.2) is 27.5 Å². The number of hydrogen-bond donors (Lipinski definition) is 3. The molecule has 6 nitrogen and oxygen atoms in total. The summed E-state index contributed by atoms with van der Waals surface area (Å²) in [4.78, 5) is 17.4. The number of hydrogen-bond acceptors (Lipinski definition) is 5. The van der Waals surface area contributed by atoms with Crippen molar-refractivity contribution in [2.75, 3.05) is 0 Å². The van der Waals surface area contributed by atoms with Gasteiger partial charge in [-0.1, -0.05) is 30.8 Å². The lowest BCUT2D eigenvalue weighted by molar-refractivity contribution is 0.0918. The largest absolute Gasteiger partial charge is 0.409 e. The van der Waals surface area contributed by atoms with Gasteiger partial charge in [0.1, 0.15) is 10.4 Å². The Labute approximate surface area is 128 Å². The molecule has 0 radical (unpaired) electrons. The van der Waals surface area contributed by atoms with Crippen molar-refractivity contribution in [3.63, 3.8) is 0 Å². The minimum atomic E-state index is -0.743. The first kappa shape index (κ1) is 15.8. The fourth-order valence-corrected chi connectivity index (χ4v) is 3.70. The molecule has 1 fully saturated rings. The fourth-order valence-electron chi connectivity index (χ4n) is 2.89. The molecule has 1 saturated carbocycles. The number of aryl methyl sites for hydroxylation is 2. The van der Waals surface area contributed by atoms with Crippen molar-refractivity contribution in [2.24, 2.45) is 10.9 Å². The molecular formula is C14H22N4O2S. The zero-order chi connectivity index (χ0) is 15.5. The number of oxime groups is 1. The normalized spacial score (nSPS) is 19.0. The minimum absolute atomic E-state index is 0.0941. The third-order valence-corrected chi connectivity index (χ3v) is 5.09. The Balaban J connectivity index is 2.26. The Morgan fingerprint density at radius 1 is 1.33 bits per heavy atom. The minimum Gasteiger partial charge on any atom is -0.409 e. The second-order valence-electron chi connectivity index (χ2n) is 5.58. The van der Waals surface area contributed by atoms with Crippen LogP contribution in [0.5, 0.6) is 0 Å². The van der Waals surface area contributed by atoms with Crippen molar-refractivity contribution in [2.45, 2.75) is 57.9 Å². The van der Waals surface area contributed by atoms with E-state index in [0.29, 0.717) is 17.7 Å². The van der Waals surface area contributed by atoms with Gasteiger partial charge in [0, 0.05) is 0 Å². The smallest absolute Gasteiger partial charge is 0.264 e. The van der Waals surface area contributed by atoms with Crippen LogP contribution in [0.3, 0.4) is 0 Å². The predicted molar refractivity (Wildman–Crippen MR) is 82.9 cm³/mol. The molecule has 1 aromatic heterocycles. The summed E-state index contributed by atoms with van der Waals surface area (Å²) >= 11 is 1.37. The Morgan fingerprint density at radius 2 is 1.95 bits per heavy atom. The monoisotopic (exact) mass is 310 g/mol. The van der Waals surface area contributed by atoms with Crippen LogP contribution in [-0.2, 0) is 0 Å². The van der Waals surface area contributed by atoms with Gasteiger partial charge in [-0.05, 0) is 26.7 Å². The zero-order valence-corrected chi connectivity index (χ0v) is 13.3. The van der Waals surface area contributed by atoms with Crippen molar-refractivity contribution >= 4 is 23.1 Å². The van der Waals surface area contributed by atoms with Crippen LogP contribution < -0.4 is 11.1 Å². The predicted octanol–water partition coefficient (Wildman–Crippen LogP) is 2.33. The van der Waals surface area contributed by atoms with Crippen molar-refractivity contribution in [3.05, 3.63) is 15.6 Å². The van der Waals surface area contributed by atoms with Crippen molar-refractivity contribution in [1.29, 1.82) is 0 Å². The number of amides is 1. The highest BCUT2D eigenvalue weighted by molar-refractivity contribution is 7.13. The molecule has 116 valence electrons. The summed E-state index contributed by atoms with van der Waals surface area (Å²) in [6, 6.07) is 0. The quantitative estimate of drug-likeness (QED) is 0.262. The van der Waals surface area contributed by atoms with Gasteiger partial charge in [-0.3, -0.25) is 4.79 Å². The van der Waals surface area contributed by atoms with E-state index in [0.717, 1.165) is 36.4 Å². The first-order valence-electron chi connectivity index (χ1n) is 7.23. The van der Waals surface area contributed by atoms with Crippen LogP contribution in [0.25, 0.3) is 0 Å². The summed E-state index contributed by atoms with van der Waals surface area (Å²) in [5.74, 6) is -0.0942. The molecule has 0 spiro atoms. The Morgan fingerprint density at radius 3 is 2.43 bits per heavy atom. The summed E-state index contributed by atoms with van der Waals surface area (Å²) in [5.41, 5.74) is 5.87. The molecule has 1 aromatic rings. The molecule has 7 heteroatoms. The Kier molecular flexibility index (Phi) is 4.82. The van der Waals surface area contributed by atoms with Crippen molar-refractivity contribution < 1.29 is 10.0 Å². The third kappa shape index (κ3) is 3.34. The number of rotatable bonds is 3. The van der Waals surface area contributed by atoms with Crippen molar-refractivity contribution in [1.82, 2.24) is 10.3 Å². The van der Waals surface area contributed by atoms with E-state index in [4.69, 9.17) is 10.9 Å². The molecule has 0 aliphatic heterocycles. The molecule has 1 amide bonds. The molecule has 0 unspecified atom stereocenters. The van der Waals surface area contributed by atoms with Gasteiger partial charge >= 0.3 is 0 Å². The number of carbonyl (C=O) groups is 1. The van der Waals surface area contributed by atoms with E-state index in [9.17, 15) is 4.79 Å². The molecular weight excluding hydrogens is 288 g/mol. The lowest BCUT2D eigenvalue weighted by atomic mass is 9.88. The molecule has 2 rings (SSSR count). The Hall–Kier alpha value is -1.63. The number of nitrogens with zero attached hydrogens (tertiary/aromatic N) is 2. The maximum Gasteiger partial charge on any atom is 0.264 e. The van der Waals surface area contributed by atoms with E-state index in [1.54, 1.807) is 0 Å². The van der Waals surface area contributed by atoms with Gasteiger partial charge in [-0.15, -0.1) is 11.3 Å². The molecule has 0 bridgehead atoms. The fraction of sp³-hybridized carbons (Fsp3) is 0.643. The molecule has 1 aliphatic carbocycles. The molecule has 1 heterocycles. The average Bonchev–Trinajstić information content (AvgIpc) is 2.66. The standard InChI is InChI=1S/C14H22N4O2S/c1-9-11(21-10(2)16-9)12(19)17-14(13(15)18-20)7-5-3-4-6-8-14/h20H,3-8H2,1-2H3,(H2,15,18)(H,17,19). The molecule has 0 saturated heterocycles. The van der Waals surface area contributed by atoms with E-state index in [2.05, 4.69) is 15.5 Å². The van der Waals surface area contributed by atoms with Crippen LogP contribution >= 0.6 is 11.3 Å². The second-order valence-corrected chi connectivity index (χ2v) is 6.79. The van der Waals surface area contributed by atoms with E-state index in [1.807, 2.05) is 13.8 Å². The van der Waals surface area contributed by atoms with Crippen LogP contribution in [0.15, 0.2) is 5.16 Å². The Bertz CT molecular complexity index is 545. The van der Waals surface area contributed by atoms with E-state index in [1.165, 1.54) is 11.3 Å². The molecule has 4 N–H and O–H groups in total. The topological polar surface area (TPSA) is 101 Å². The summed E-state index contributed by atoms with van der Waals surface area (Å²) in [7, 11) is 0. The molecule has 21 heavy (non-hydrogen) atoms. The summed E-state index contributed by atoms with van der Waals surface area (Å²) in [6.45, 7) is 3.70. The van der Waals surface area contributed by atoms with Gasteiger partial charge in [0.2, 0.25) is 0 Å². The highest BCUT2D eigenvalue weighted by Crippen LogP contribution is 2.28. The zero-order valence-electron chi connectivity index (χ0n) is 12.5. The molecule has 1 aliphatic rings. The SMILES string of the molecule is Cc1nc(C)c(C(=O)NC2(C(N)=NO)CCCCCC2)s1. The first-order valence-corrected chi connectivity index (χ1v) is 8.05. The van der Waals surface area contributed by atoms with Gasteiger partial charge in [0.05, 0.1) is 10.7 Å². The number of aromatic nitrogens is 1. The number of carbonyl (C=O) groups excluding carboxylic acids is 1. The van der Waals surface area contributed by atoms with E-state index < -0.39 is 5.54 Å². The lowest BCUT2D eigenvalue weighted by Gasteiger charge is -2.32. The average molecular weight is 310 g/mol. The number of nitrogens with one attached hydrogen (secondary N) is 1. The summed E-state index contributed by atoms with van der Waals surface area (Å²) < 4.78 is 0. The number of amidine groups is 1. The number of nitrogens with two attached hydrogens (primary N) is 1. The van der Waals surface area contributed by atoms with Gasteiger partial charge < -0.3 is 16.3 Å². The summed E-state index contributed by atoms with van der Waals surface area (Å²) in [6.07, 6.45) is 5.52. The third-order valence-electron chi connectivity index (χ3n) is 4.02. The highest BCUT2D eigenvalue weighted by atomic mass is 32.1. The van der Waals surface area contributed by atoms with Crippen LogP contribution in [0.4, 0.5) is 0 Å². The van der Waals surface area contributed by atoms with Crippen LogP contribution in [0.1, 0.15) is 58.9 Å². The van der Waals surface area contributed by atoms with Gasteiger partial charge in [-0.2, -0.15) is 0 Å². The molecule has 0 atom stereocenters. The molecule has 0 aromatic carbocycles. The van der Waals surface area contributed by atoms with Crippen molar-refractivity contribution in [3.8, 4) is 0 Å². The van der Waals surface area contributed by atoms with E-state index in [-0.39, 0.29) is 11.7 Å². The second kappa shape index (κ2) is 6.43. The maximum atomic E-state index is 12.6. The van der Waals surface area contributed by atoms with Gasteiger partial charge in [0.15, 0.2) is 5.84 Å². The maximum absolute atomic E-state index is 12.6. The first-order chi connectivity index (χ1) is 9.98. The highest BCUT2D eigenvalue weighted by Gasteiger charge is 2.38. The lowest BCUT2D eigenvalue weighted by Crippen LogP contribution is -2.57. The van der Waals surface area contributed by atoms with Gasteiger partial charge in [-0.25, -0.2) is 4.98 Å².